The Kier molecular flexibility index (Phi) is 7.19. The SMILES string of the molecule is CCc1cccc2c(/C=C3\SC(=S)N(Cc4ccc(OC)cc4)C3=O)cn(Cc3ccc(Cl)cc3)c12. The Morgan fingerprint density at radius 1 is 1.00 bits per heavy atom. The van der Waals surface area contributed by atoms with Crippen LogP contribution in [0.4, 0.5) is 0 Å². The number of methoxy groups -OCH3 is 1. The first kappa shape index (κ1) is 24.6. The van der Waals surface area contributed by atoms with E-state index in [1.165, 1.54) is 28.4 Å². The third-order valence-electron chi connectivity index (χ3n) is 6.32. The van der Waals surface area contributed by atoms with Crippen molar-refractivity contribution in [2.75, 3.05) is 7.11 Å². The molecule has 1 aliphatic rings. The smallest absolute Gasteiger partial charge is 0.266 e. The summed E-state index contributed by atoms with van der Waals surface area (Å²) in [5.74, 6) is 0.719. The molecule has 1 aromatic heterocycles. The molecule has 3 aromatic carbocycles. The van der Waals surface area contributed by atoms with E-state index in [0.717, 1.165) is 40.3 Å². The van der Waals surface area contributed by atoms with Gasteiger partial charge >= 0.3 is 0 Å². The van der Waals surface area contributed by atoms with Gasteiger partial charge in [0.05, 0.1) is 24.1 Å². The summed E-state index contributed by atoms with van der Waals surface area (Å²) in [4.78, 5) is 15.6. The number of rotatable bonds is 7. The van der Waals surface area contributed by atoms with Crippen LogP contribution in [-0.4, -0.2) is 26.8 Å². The van der Waals surface area contributed by atoms with Gasteiger partial charge in [-0.2, -0.15) is 0 Å². The van der Waals surface area contributed by atoms with Gasteiger partial charge in [-0.05, 0) is 53.5 Å². The highest BCUT2D eigenvalue weighted by Gasteiger charge is 2.32. The second-order valence-electron chi connectivity index (χ2n) is 8.62. The van der Waals surface area contributed by atoms with Crippen molar-refractivity contribution in [1.29, 1.82) is 0 Å². The number of benzene rings is 3. The normalized spacial score (nSPS) is 14.9. The topological polar surface area (TPSA) is 34.5 Å². The number of aryl methyl sites for hydroxylation is 1. The van der Waals surface area contributed by atoms with Gasteiger partial charge in [0.15, 0.2) is 0 Å². The van der Waals surface area contributed by atoms with Crippen LogP contribution in [0.2, 0.25) is 5.02 Å². The summed E-state index contributed by atoms with van der Waals surface area (Å²) in [6.07, 6.45) is 5.04. The fourth-order valence-corrected chi connectivity index (χ4v) is 5.84. The summed E-state index contributed by atoms with van der Waals surface area (Å²) in [6, 6.07) is 22.0. The molecule has 0 saturated carbocycles. The summed E-state index contributed by atoms with van der Waals surface area (Å²) >= 11 is 13.0. The van der Waals surface area contributed by atoms with Gasteiger partial charge in [-0.15, -0.1) is 0 Å². The van der Waals surface area contributed by atoms with E-state index in [-0.39, 0.29) is 5.91 Å². The zero-order valence-corrected chi connectivity index (χ0v) is 22.4. The minimum atomic E-state index is -0.0638. The number of amides is 1. The van der Waals surface area contributed by atoms with E-state index in [1.54, 1.807) is 12.0 Å². The molecule has 0 atom stereocenters. The van der Waals surface area contributed by atoms with Crippen LogP contribution >= 0.6 is 35.6 Å². The molecule has 4 aromatic rings. The molecule has 0 spiro atoms. The van der Waals surface area contributed by atoms with Crippen molar-refractivity contribution in [3.63, 3.8) is 0 Å². The number of halogens is 1. The number of aromatic nitrogens is 1. The third kappa shape index (κ3) is 4.94. The molecule has 1 fully saturated rings. The fraction of sp³-hybridized carbons (Fsp3) is 0.172. The Hall–Kier alpha value is -3.06. The molecule has 0 unspecified atom stereocenters. The average molecular weight is 533 g/mol. The monoisotopic (exact) mass is 532 g/mol. The van der Waals surface area contributed by atoms with Crippen molar-refractivity contribution in [3.05, 3.63) is 105 Å². The minimum Gasteiger partial charge on any atom is -0.497 e. The first-order valence-electron chi connectivity index (χ1n) is 11.7. The molecule has 1 saturated heterocycles. The van der Waals surface area contributed by atoms with E-state index in [2.05, 4.69) is 35.9 Å². The van der Waals surface area contributed by atoms with Crippen molar-refractivity contribution in [2.24, 2.45) is 0 Å². The van der Waals surface area contributed by atoms with Gasteiger partial charge < -0.3 is 9.30 Å². The van der Waals surface area contributed by atoms with Crippen LogP contribution < -0.4 is 4.74 Å². The number of fused-ring (bicyclic) bond motifs is 1. The van der Waals surface area contributed by atoms with Crippen molar-refractivity contribution < 1.29 is 9.53 Å². The van der Waals surface area contributed by atoms with Crippen LogP contribution in [0.1, 0.15) is 29.2 Å². The van der Waals surface area contributed by atoms with Crippen LogP contribution in [0, 0.1) is 0 Å². The Morgan fingerprint density at radius 3 is 2.39 bits per heavy atom. The summed E-state index contributed by atoms with van der Waals surface area (Å²) in [7, 11) is 1.64. The quantitative estimate of drug-likeness (QED) is 0.184. The molecule has 0 bridgehead atoms. The van der Waals surface area contributed by atoms with Crippen molar-refractivity contribution in [1.82, 2.24) is 9.47 Å². The van der Waals surface area contributed by atoms with Crippen LogP contribution in [-0.2, 0) is 24.3 Å². The van der Waals surface area contributed by atoms with Crippen molar-refractivity contribution >= 4 is 62.8 Å². The highest BCUT2D eigenvalue weighted by molar-refractivity contribution is 8.26. The molecular formula is C29H25ClN2O2S2. The third-order valence-corrected chi connectivity index (χ3v) is 7.95. The van der Waals surface area contributed by atoms with E-state index in [9.17, 15) is 4.79 Å². The number of carbonyl (C=O) groups is 1. The van der Waals surface area contributed by atoms with Gasteiger partial charge in [0.25, 0.3) is 5.91 Å². The van der Waals surface area contributed by atoms with Gasteiger partial charge in [0, 0.05) is 28.7 Å². The molecular weight excluding hydrogens is 508 g/mol. The second kappa shape index (κ2) is 10.5. The highest BCUT2D eigenvalue weighted by Crippen LogP contribution is 2.36. The van der Waals surface area contributed by atoms with Gasteiger partial charge in [-0.3, -0.25) is 9.69 Å². The zero-order chi connectivity index (χ0) is 25.2. The molecule has 5 rings (SSSR count). The standard InChI is InChI=1S/C29H25ClN2O2S2/c1-3-21-5-4-6-25-22(18-31(27(21)25)16-19-7-11-23(30)12-8-19)15-26-28(33)32(29(35)36-26)17-20-9-13-24(34-2)14-10-20/h4-15,18H,3,16-17H2,1-2H3/b26-15-. The van der Waals surface area contributed by atoms with Crippen molar-refractivity contribution in [2.45, 2.75) is 26.4 Å². The fourth-order valence-electron chi connectivity index (χ4n) is 4.47. The summed E-state index contributed by atoms with van der Waals surface area (Å²) in [5.41, 5.74) is 5.64. The lowest BCUT2D eigenvalue weighted by atomic mass is 10.1. The van der Waals surface area contributed by atoms with E-state index in [0.29, 0.717) is 15.8 Å². The molecule has 0 N–H and O–H groups in total. The van der Waals surface area contributed by atoms with Crippen LogP contribution in [0.25, 0.3) is 17.0 Å². The maximum atomic E-state index is 13.3. The molecule has 4 nitrogen and oxygen atoms in total. The molecule has 1 aliphatic heterocycles. The van der Waals surface area contributed by atoms with Crippen LogP contribution in [0.3, 0.4) is 0 Å². The first-order chi connectivity index (χ1) is 17.5. The lowest BCUT2D eigenvalue weighted by Gasteiger charge is -2.14. The lowest BCUT2D eigenvalue weighted by Crippen LogP contribution is -2.27. The van der Waals surface area contributed by atoms with Gasteiger partial charge in [-0.1, -0.05) is 85.0 Å². The number of ether oxygens (including phenoxy) is 1. The predicted octanol–water partition coefficient (Wildman–Crippen LogP) is 7.32. The molecule has 182 valence electrons. The van der Waals surface area contributed by atoms with E-state index in [4.69, 9.17) is 28.6 Å². The summed E-state index contributed by atoms with van der Waals surface area (Å²) in [5, 5.41) is 1.85. The number of para-hydroxylation sites is 1. The highest BCUT2D eigenvalue weighted by atomic mass is 35.5. The van der Waals surface area contributed by atoms with Crippen LogP contribution in [0.5, 0.6) is 5.75 Å². The Balaban J connectivity index is 1.48. The largest absolute Gasteiger partial charge is 0.497 e. The Morgan fingerprint density at radius 2 is 1.69 bits per heavy atom. The molecule has 0 radical (unpaired) electrons. The van der Waals surface area contributed by atoms with Crippen LogP contribution in [0.15, 0.2) is 77.8 Å². The Labute approximate surface area is 225 Å². The number of carbonyl (C=O) groups excluding carboxylic acids is 1. The number of thioether (sulfide) groups is 1. The number of thiocarbonyl (C=S) groups is 1. The lowest BCUT2D eigenvalue weighted by molar-refractivity contribution is -0.122. The number of hydrogen-bond acceptors (Lipinski definition) is 4. The molecule has 7 heteroatoms. The maximum absolute atomic E-state index is 13.3. The first-order valence-corrected chi connectivity index (χ1v) is 13.3. The molecule has 2 heterocycles. The number of nitrogens with zero attached hydrogens (tertiary/aromatic N) is 2. The Bertz CT molecular complexity index is 1470. The summed E-state index contributed by atoms with van der Waals surface area (Å²) in [6.45, 7) is 3.32. The average Bonchev–Trinajstić information content (AvgIpc) is 3.37. The molecule has 36 heavy (non-hydrogen) atoms. The van der Waals surface area contributed by atoms with Gasteiger partial charge in [0.1, 0.15) is 10.1 Å². The van der Waals surface area contributed by atoms with E-state index in [1.807, 2.05) is 54.6 Å². The van der Waals surface area contributed by atoms with E-state index < -0.39 is 0 Å². The van der Waals surface area contributed by atoms with Gasteiger partial charge in [-0.25, -0.2) is 0 Å². The van der Waals surface area contributed by atoms with E-state index >= 15 is 0 Å². The zero-order valence-electron chi connectivity index (χ0n) is 20.0. The molecule has 0 aliphatic carbocycles. The van der Waals surface area contributed by atoms with Gasteiger partial charge in [0.2, 0.25) is 0 Å². The van der Waals surface area contributed by atoms with Crippen molar-refractivity contribution in [3.8, 4) is 5.75 Å². The maximum Gasteiger partial charge on any atom is 0.266 e. The summed E-state index contributed by atoms with van der Waals surface area (Å²) < 4.78 is 8.07. The number of hydrogen-bond donors (Lipinski definition) is 0. The predicted molar refractivity (Wildman–Crippen MR) is 154 cm³/mol. The second-order valence-corrected chi connectivity index (χ2v) is 10.7. The molecule has 1 amide bonds. The minimum absolute atomic E-state index is 0.0638.